The summed E-state index contributed by atoms with van der Waals surface area (Å²) in [6, 6.07) is 6.44. The van der Waals surface area contributed by atoms with E-state index < -0.39 is 17.7 Å². The largest absolute Gasteiger partial charge is 0.485 e. The van der Waals surface area contributed by atoms with Crippen LogP contribution in [0.3, 0.4) is 0 Å². The van der Waals surface area contributed by atoms with Crippen molar-refractivity contribution in [1.29, 1.82) is 5.26 Å². The number of hydrogen-bond donors (Lipinski definition) is 3. The van der Waals surface area contributed by atoms with Gasteiger partial charge in [-0.05, 0) is 39.0 Å². The molecule has 0 radical (unpaired) electrons. The van der Waals surface area contributed by atoms with Crippen LogP contribution in [0.2, 0.25) is 0 Å². The van der Waals surface area contributed by atoms with Crippen LogP contribution in [0.1, 0.15) is 37.9 Å². The molecule has 1 aromatic rings. The van der Waals surface area contributed by atoms with Crippen LogP contribution in [-0.2, 0) is 0 Å². The maximum atomic E-state index is 10.4. The van der Waals surface area contributed by atoms with Gasteiger partial charge in [-0.25, -0.2) is 0 Å². The van der Waals surface area contributed by atoms with Gasteiger partial charge in [0.1, 0.15) is 29.3 Å². The summed E-state index contributed by atoms with van der Waals surface area (Å²) in [7, 11) is 0. The Bertz CT molecular complexity index is 590. The quantitative estimate of drug-likeness (QED) is 0.410. The minimum atomic E-state index is -0.896. The molecule has 6 heteroatoms. The summed E-state index contributed by atoms with van der Waals surface area (Å²) in [5.74, 6) is 0.860. The summed E-state index contributed by atoms with van der Waals surface area (Å²) in [6.45, 7) is 5.12. The lowest BCUT2D eigenvalue weighted by Crippen LogP contribution is -2.48. The number of hydrogen-bond acceptors (Lipinski definition) is 5. The number of fused-ring (bicyclic) bond motifs is 1. The first-order valence-corrected chi connectivity index (χ1v) is 6.24. The first-order valence-electron chi connectivity index (χ1n) is 6.24. The summed E-state index contributed by atoms with van der Waals surface area (Å²) in [5, 5.41) is 28.3. The van der Waals surface area contributed by atoms with Crippen molar-refractivity contribution in [2.75, 3.05) is 0 Å². The van der Waals surface area contributed by atoms with Crippen LogP contribution in [0.5, 0.6) is 5.75 Å². The zero-order chi connectivity index (χ0) is 14.9. The molecule has 3 N–H and O–H groups in total. The Kier molecular flexibility index (Phi) is 3.66. The number of aliphatic hydroxyl groups excluding tert-OH is 1. The van der Waals surface area contributed by atoms with E-state index in [1.807, 2.05) is 11.5 Å². The lowest BCUT2D eigenvalue weighted by atomic mass is 9.86. The number of benzene rings is 1. The molecule has 2 unspecified atom stereocenters. The van der Waals surface area contributed by atoms with Crippen molar-refractivity contribution in [3.8, 4) is 11.8 Å². The van der Waals surface area contributed by atoms with Crippen molar-refractivity contribution < 1.29 is 15.1 Å². The molecule has 0 amide bonds. The SMILES string of the molecule is CC(=NC1c2cc(C#N)ccc2OC(C)(C)C1O)NO. The highest BCUT2D eigenvalue weighted by Gasteiger charge is 2.43. The van der Waals surface area contributed by atoms with E-state index in [2.05, 4.69) is 4.99 Å². The van der Waals surface area contributed by atoms with Crippen LogP contribution in [0.4, 0.5) is 0 Å². The molecule has 0 spiro atoms. The van der Waals surface area contributed by atoms with Crippen LogP contribution in [-0.4, -0.2) is 27.9 Å². The molecule has 0 saturated carbocycles. The lowest BCUT2D eigenvalue weighted by molar-refractivity contribution is -0.0568. The van der Waals surface area contributed by atoms with Gasteiger partial charge < -0.3 is 9.84 Å². The number of nitrogens with zero attached hydrogens (tertiary/aromatic N) is 2. The molecule has 1 heterocycles. The minimum Gasteiger partial charge on any atom is -0.485 e. The van der Waals surface area contributed by atoms with E-state index in [1.165, 1.54) is 0 Å². The summed E-state index contributed by atoms with van der Waals surface area (Å²) < 4.78 is 5.76. The molecule has 1 aliphatic rings. The van der Waals surface area contributed by atoms with Gasteiger partial charge in [0.15, 0.2) is 0 Å². The van der Waals surface area contributed by atoms with E-state index in [1.54, 1.807) is 39.0 Å². The van der Waals surface area contributed by atoms with E-state index >= 15 is 0 Å². The molecule has 1 aromatic carbocycles. The second-order valence-electron chi connectivity index (χ2n) is 5.29. The fourth-order valence-corrected chi connectivity index (χ4v) is 2.21. The van der Waals surface area contributed by atoms with Crippen molar-refractivity contribution in [1.82, 2.24) is 5.48 Å². The van der Waals surface area contributed by atoms with E-state index in [9.17, 15) is 5.11 Å². The highest BCUT2D eigenvalue weighted by molar-refractivity contribution is 5.78. The molecule has 2 rings (SSSR count). The summed E-state index contributed by atoms with van der Waals surface area (Å²) in [4.78, 5) is 4.26. The number of nitrogens with one attached hydrogen (secondary N) is 1. The molecule has 2 atom stereocenters. The molecule has 0 bridgehead atoms. The standard InChI is InChI=1S/C14H17N3O3/c1-8(17-19)16-12-10-6-9(7-15)4-5-11(10)20-14(2,3)13(12)18/h4-6,12-13,18-19H,1-3H3,(H,16,17). The third-order valence-corrected chi connectivity index (χ3v) is 3.34. The molecule has 1 aliphatic heterocycles. The lowest BCUT2D eigenvalue weighted by Gasteiger charge is -2.40. The van der Waals surface area contributed by atoms with E-state index in [0.29, 0.717) is 16.9 Å². The maximum absolute atomic E-state index is 10.4. The molecule has 0 saturated heterocycles. The Morgan fingerprint density at radius 2 is 2.20 bits per heavy atom. The van der Waals surface area contributed by atoms with Gasteiger partial charge in [-0.2, -0.15) is 5.26 Å². The number of aliphatic imine (C=N–C) groups is 1. The van der Waals surface area contributed by atoms with E-state index in [0.717, 1.165) is 0 Å². The van der Waals surface area contributed by atoms with Crippen molar-refractivity contribution in [2.24, 2.45) is 4.99 Å². The van der Waals surface area contributed by atoms with Crippen molar-refractivity contribution in [3.05, 3.63) is 29.3 Å². The van der Waals surface area contributed by atoms with Crippen LogP contribution >= 0.6 is 0 Å². The average molecular weight is 275 g/mol. The van der Waals surface area contributed by atoms with Gasteiger partial charge in [-0.3, -0.25) is 15.7 Å². The number of aliphatic hydroxyl groups is 1. The zero-order valence-electron chi connectivity index (χ0n) is 11.6. The number of nitriles is 1. The predicted molar refractivity (Wildman–Crippen MR) is 72.6 cm³/mol. The zero-order valence-corrected chi connectivity index (χ0v) is 11.6. The summed E-state index contributed by atoms with van der Waals surface area (Å²) in [5.41, 5.74) is 2.23. The van der Waals surface area contributed by atoms with Gasteiger partial charge in [0.25, 0.3) is 0 Å². The minimum absolute atomic E-state index is 0.278. The molecule has 6 nitrogen and oxygen atoms in total. The van der Waals surface area contributed by atoms with Crippen LogP contribution in [0.15, 0.2) is 23.2 Å². The monoisotopic (exact) mass is 275 g/mol. The van der Waals surface area contributed by atoms with Gasteiger partial charge in [0.2, 0.25) is 0 Å². The third kappa shape index (κ3) is 2.46. The summed E-state index contributed by atoms with van der Waals surface area (Å²) >= 11 is 0. The second kappa shape index (κ2) is 5.12. The normalized spacial score (nSPS) is 24.3. The Morgan fingerprint density at radius 3 is 2.80 bits per heavy atom. The molecule has 20 heavy (non-hydrogen) atoms. The molecule has 0 aromatic heterocycles. The molecular weight excluding hydrogens is 258 g/mol. The Morgan fingerprint density at radius 1 is 1.50 bits per heavy atom. The highest BCUT2D eigenvalue weighted by Crippen LogP contribution is 2.42. The van der Waals surface area contributed by atoms with Crippen molar-refractivity contribution in [3.63, 3.8) is 0 Å². The Labute approximate surface area is 117 Å². The Hall–Kier alpha value is -2.10. The fraction of sp³-hybridized carbons (Fsp3) is 0.429. The van der Waals surface area contributed by atoms with Crippen LogP contribution in [0, 0.1) is 11.3 Å². The molecule has 106 valence electrons. The fourth-order valence-electron chi connectivity index (χ4n) is 2.21. The van der Waals surface area contributed by atoms with Gasteiger partial charge >= 0.3 is 0 Å². The topological polar surface area (TPSA) is 97.9 Å². The van der Waals surface area contributed by atoms with Gasteiger partial charge in [0, 0.05) is 5.56 Å². The number of hydroxylamine groups is 1. The highest BCUT2D eigenvalue weighted by atomic mass is 16.5. The van der Waals surface area contributed by atoms with Gasteiger partial charge in [0.05, 0.1) is 11.6 Å². The smallest absolute Gasteiger partial charge is 0.132 e. The summed E-state index contributed by atoms with van der Waals surface area (Å²) in [6.07, 6.45) is -0.896. The first kappa shape index (κ1) is 14.3. The second-order valence-corrected chi connectivity index (χ2v) is 5.29. The maximum Gasteiger partial charge on any atom is 0.132 e. The average Bonchev–Trinajstić information content (AvgIpc) is 2.43. The Balaban J connectivity index is 2.57. The number of rotatable bonds is 1. The number of amidine groups is 1. The van der Waals surface area contributed by atoms with Crippen LogP contribution < -0.4 is 10.2 Å². The van der Waals surface area contributed by atoms with Crippen molar-refractivity contribution in [2.45, 2.75) is 38.5 Å². The third-order valence-electron chi connectivity index (χ3n) is 3.34. The number of ether oxygens (including phenoxy) is 1. The molecular formula is C14H17N3O3. The van der Waals surface area contributed by atoms with Gasteiger partial charge in [-0.15, -0.1) is 0 Å². The van der Waals surface area contributed by atoms with E-state index in [4.69, 9.17) is 15.2 Å². The van der Waals surface area contributed by atoms with Crippen LogP contribution in [0.25, 0.3) is 0 Å². The first-order chi connectivity index (χ1) is 9.39. The van der Waals surface area contributed by atoms with E-state index in [-0.39, 0.29) is 5.84 Å². The van der Waals surface area contributed by atoms with Gasteiger partial charge in [-0.1, -0.05) is 0 Å². The van der Waals surface area contributed by atoms with Crippen molar-refractivity contribution >= 4 is 5.84 Å². The predicted octanol–water partition coefficient (Wildman–Crippen LogP) is 1.53. The molecule has 0 aliphatic carbocycles. The molecule has 0 fully saturated rings.